The molecule has 0 aromatic rings. The molecule has 1 heterocycles. The summed E-state index contributed by atoms with van der Waals surface area (Å²) >= 11 is 0. The predicted molar refractivity (Wildman–Crippen MR) is 103 cm³/mol. The number of nitrogens with zero attached hydrogens (tertiary/aromatic N) is 2. The molecule has 1 saturated carbocycles. The van der Waals surface area contributed by atoms with E-state index in [0.29, 0.717) is 6.04 Å². The molecule has 0 spiro atoms. The highest BCUT2D eigenvalue weighted by Gasteiger charge is 2.21. The van der Waals surface area contributed by atoms with Gasteiger partial charge in [0.15, 0.2) is 5.96 Å². The van der Waals surface area contributed by atoms with Crippen LogP contribution in [0.15, 0.2) is 4.99 Å². The van der Waals surface area contributed by atoms with E-state index in [0.717, 1.165) is 51.1 Å². The Labute approximate surface area is 152 Å². The van der Waals surface area contributed by atoms with E-state index in [1.54, 1.807) is 0 Å². The second kappa shape index (κ2) is 11.5. The number of likely N-dealkylation sites (N-methyl/N-ethyl adjacent to an activating group) is 1. The van der Waals surface area contributed by atoms with E-state index < -0.39 is 0 Å². The highest BCUT2D eigenvalue weighted by Crippen LogP contribution is 2.28. The molecule has 1 aliphatic carbocycles. The lowest BCUT2D eigenvalue weighted by Crippen LogP contribution is -2.39. The molecule has 2 aliphatic rings. The van der Waals surface area contributed by atoms with Crippen molar-refractivity contribution in [3.05, 3.63) is 0 Å². The van der Waals surface area contributed by atoms with Crippen molar-refractivity contribution in [1.29, 1.82) is 0 Å². The number of hydrogen-bond donors (Lipinski definition) is 2. The van der Waals surface area contributed by atoms with Gasteiger partial charge in [-0.05, 0) is 58.5 Å². The topological polar surface area (TPSA) is 48.9 Å². The largest absolute Gasteiger partial charge is 0.381 e. The summed E-state index contributed by atoms with van der Waals surface area (Å²) in [4.78, 5) is 7.13. The van der Waals surface area contributed by atoms with Crippen molar-refractivity contribution in [1.82, 2.24) is 15.5 Å². The van der Waals surface area contributed by atoms with Gasteiger partial charge in [-0.1, -0.05) is 0 Å². The van der Waals surface area contributed by atoms with Gasteiger partial charge in [-0.3, -0.25) is 4.99 Å². The molecular formula is C16H33IN4O. The predicted octanol–water partition coefficient (Wildman–Crippen LogP) is 2.07. The Bertz CT molecular complexity index is 323. The molecule has 2 rings (SSSR count). The second-order valence-electron chi connectivity index (χ2n) is 6.29. The van der Waals surface area contributed by atoms with Crippen LogP contribution >= 0.6 is 24.0 Å². The monoisotopic (exact) mass is 424 g/mol. The lowest BCUT2D eigenvalue weighted by atomic mass is 10.2. The van der Waals surface area contributed by atoms with Gasteiger partial charge in [0.1, 0.15) is 0 Å². The average Bonchev–Trinajstić information content (AvgIpc) is 3.21. The van der Waals surface area contributed by atoms with Crippen molar-refractivity contribution in [3.63, 3.8) is 0 Å². The number of ether oxygens (including phenoxy) is 1. The first-order valence-corrected chi connectivity index (χ1v) is 8.59. The molecule has 130 valence electrons. The highest BCUT2D eigenvalue weighted by molar-refractivity contribution is 14.0. The summed E-state index contributed by atoms with van der Waals surface area (Å²) in [6, 6.07) is 0.613. The van der Waals surface area contributed by atoms with Crippen LogP contribution in [-0.2, 0) is 4.74 Å². The summed E-state index contributed by atoms with van der Waals surface area (Å²) in [6.45, 7) is 7.86. The Morgan fingerprint density at radius 3 is 2.73 bits per heavy atom. The van der Waals surface area contributed by atoms with Crippen molar-refractivity contribution in [2.24, 2.45) is 10.9 Å². The van der Waals surface area contributed by atoms with Crippen LogP contribution in [0.25, 0.3) is 0 Å². The van der Waals surface area contributed by atoms with Crippen LogP contribution < -0.4 is 10.6 Å². The molecular weight excluding hydrogens is 391 g/mol. The van der Waals surface area contributed by atoms with Crippen LogP contribution in [-0.4, -0.2) is 63.3 Å². The summed E-state index contributed by atoms with van der Waals surface area (Å²) in [5.41, 5.74) is 0. The van der Waals surface area contributed by atoms with Gasteiger partial charge in [0.05, 0.1) is 6.54 Å². The Kier molecular flexibility index (Phi) is 10.4. The van der Waals surface area contributed by atoms with Gasteiger partial charge in [0.2, 0.25) is 0 Å². The number of aliphatic imine (C=N–C) groups is 1. The van der Waals surface area contributed by atoms with E-state index in [4.69, 9.17) is 9.73 Å². The lowest BCUT2D eigenvalue weighted by molar-refractivity contribution is 0.123. The van der Waals surface area contributed by atoms with Gasteiger partial charge in [-0.15, -0.1) is 24.0 Å². The Morgan fingerprint density at radius 1 is 1.27 bits per heavy atom. The summed E-state index contributed by atoms with van der Waals surface area (Å²) in [7, 11) is 2.20. The van der Waals surface area contributed by atoms with Gasteiger partial charge in [-0.2, -0.15) is 0 Å². The third-order valence-corrected chi connectivity index (χ3v) is 4.28. The van der Waals surface area contributed by atoms with Crippen LogP contribution in [0.5, 0.6) is 0 Å². The van der Waals surface area contributed by atoms with E-state index >= 15 is 0 Å². The minimum Gasteiger partial charge on any atom is -0.381 e. The molecule has 0 bridgehead atoms. The van der Waals surface area contributed by atoms with Crippen molar-refractivity contribution in [3.8, 4) is 0 Å². The molecule has 2 fully saturated rings. The molecule has 1 unspecified atom stereocenters. The normalized spacial score (nSPS) is 22.5. The fourth-order valence-corrected chi connectivity index (χ4v) is 2.66. The third kappa shape index (κ3) is 7.97. The van der Waals surface area contributed by atoms with Crippen LogP contribution in [0.1, 0.15) is 39.0 Å². The summed E-state index contributed by atoms with van der Waals surface area (Å²) < 4.78 is 5.65. The van der Waals surface area contributed by atoms with Crippen LogP contribution in [0, 0.1) is 5.92 Å². The minimum atomic E-state index is 0. The van der Waals surface area contributed by atoms with E-state index in [2.05, 4.69) is 29.5 Å². The first-order chi connectivity index (χ1) is 10.3. The number of likely N-dealkylation sites (tertiary alicyclic amines) is 1. The lowest BCUT2D eigenvalue weighted by Gasteiger charge is -2.18. The van der Waals surface area contributed by atoms with E-state index in [1.165, 1.54) is 32.2 Å². The average molecular weight is 424 g/mol. The van der Waals surface area contributed by atoms with Gasteiger partial charge >= 0.3 is 0 Å². The maximum atomic E-state index is 5.65. The van der Waals surface area contributed by atoms with Gasteiger partial charge in [0.25, 0.3) is 0 Å². The highest BCUT2D eigenvalue weighted by atomic mass is 127. The summed E-state index contributed by atoms with van der Waals surface area (Å²) in [5.74, 6) is 1.81. The van der Waals surface area contributed by atoms with Crippen LogP contribution in [0.3, 0.4) is 0 Å². The fraction of sp³-hybridized carbons (Fsp3) is 0.938. The molecule has 0 amide bonds. The summed E-state index contributed by atoms with van der Waals surface area (Å²) in [6.07, 6.45) is 6.35. The molecule has 2 N–H and O–H groups in total. The van der Waals surface area contributed by atoms with Crippen molar-refractivity contribution in [2.45, 2.75) is 45.1 Å². The molecule has 0 aromatic carbocycles. The van der Waals surface area contributed by atoms with Crippen molar-refractivity contribution in [2.75, 3.05) is 46.4 Å². The zero-order valence-electron chi connectivity index (χ0n) is 14.1. The van der Waals surface area contributed by atoms with Crippen LogP contribution in [0.2, 0.25) is 0 Å². The summed E-state index contributed by atoms with van der Waals surface area (Å²) in [5, 5.41) is 6.72. The molecule has 5 nitrogen and oxygen atoms in total. The molecule has 1 saturated heterocycles. The first-order valence-electron chi connectivity index (χ1n) is 8.59. The van der Waals surface area contributed by atoms with E-state index in [9.17, 15) is 0 Å². The number of nitrogens with one attached hydrogen (secondary N) is 2. The molecule has 22 heavy (non-hydrogen) atoms. The Morgan fingerprint density at radius 2 is 2.09 bits per heavy atom. The third-order valence-electron chi connectivity index (χ3n) is 4.28. The molecule has 1 atom stereocenters. The molecule has 6 heteroatoms. The SMILES string of the molecule is CCNC(=NCC1CCCN1C)NCCCOCC1CC1.I. The van der Waals surface area contributed by atoms with Crippen molar-refractivity contribution >= 4 is 29.9 Å². The molecule has 1 aliphatic heterocycles. The minimum absolute atomic E-state index is 0. The number of hydrogen-bond acceptors (Lipinski definition) is 3. The standard InChI is InChI=1S/C16H32N4O.HI/c1-3-17-16(19-12-15-6-4-10-20(15)2)18-9-5-11-21-13-14-7-8-14;/h14-15H,3-13H2,1-2H3,(H2,17,18,19);1H. The van der Waals surface area contributed by atoms with Gasteiger partial charge < -0.3 is 20.3 Å². The maximum Gasteiger partial charge on any atom is 0.191 e. The molecule has 0 aromatic heterocycles. The van der Waals surface area contributed by atoms with Crippen LogP contribution in [0.4, 0.5) is 0 Å². The number of guanidine groups is 1. The maximum absolute atomic E-state index is 5.65. The van der Waals surface area contributed by atoms with E-state index in [-0.39, 0.29) is 24.0 Å². The number of rotatable bonds is 9. The molecule has 0 radical (unpaired) electrons. The smallest absolute Gasteiger partial charge is 0.191 e. The van der Waals surface area contributed by atoms with Crippen molar-refractivity contribution < 1.29 is 4.74 Å². The van der Waals surface area contributed by atoms with Gasteiger partial charge in [-0.25, -0.2) is 0 Å². The Hall–Kier alpha value is -0.0800. The zero-order chi connectivity index (χ0) is 14.9. The number of halogens is 1. The van der Waals surface area contributed by atoms with E-state index in [1.807, 2.05) is 0 Å². The first kappa shape index (κ1) is 20.0. The quantitative estimate of drug-likeness (QED) is 0.258. The Balaban J connectivity index is 0.00000242. The fourth-order valence-electron chi connectivity index (χ4n) is 2.66. The van der Waals surface area contributed by atoms with Gasteiger partial charge in [0, 0.05) is 32.3 Å². The second-order valence-corrected chi connectivity index (χ2v) is 6.29. The zero-order valence-corrected chi connectivity index (χ0v) is 16.5.